The summed E-state index contributed by atoms with van der Waals surface area (Å²) in [5.41, 5.74) is 3.18. The van der Waals surface area contributed by atoms with E-state index in [2.05, 4.69) is 0 Å². The summed E-state index contributed by atoms with van der Waals surface area (Å²) in [6, 6.07) is 17.6. The SMILES string of the molecule is C[C@H](CC(Cc1ccc(-c2ccccc2)cc1)N1C(=O)CCC1=O)C(=O)O. The first-order valence-corrected chi connectivity index (χ1v) is 9.17. The molecule has 1 N–H and O–H groups in total. The number of hydrogen-bond acceptors (Lipinski definition) is 3. The molecule has 0 radical (unpaired) electrons. The van der Waals surface area contributed by atoms with Crippen LogP contribution in [0, 0.1) is 5.92 Å². The third kappa shape index (κ3) is 4.42. The zero-order chi connectivity index (χ0) is 19.4. The second-order valence-corrected chi connectivity index (χ2v) is 7.05. The Morgan fingerprint density at radius 3 is 2.07 bits per heavy atom. The zero-order valence-corrected chi connectivity index (χ0v) is 15.3. The lowest BCUT2D eigenvalue weighted by atomic mass is 9.94. The van der Waals surface area contributed by atoms with Gasteiger partial charge in [0.15, 0.2) is 0 Å². The molecule has 0 aromatic heterocycles. The summed E-state index contributed by atoms with van der Waals surface area (Å²) >= 11 is 0. The van der Waals surface area contributed by atoms with E-state index in [0.29, 0.717) is 6.42 Å². The molecule has 140 valence electrons. The van der Waals surface area contributed by atoms with Crippen LogP contribution in [0.4, 0.5) is 0 Å². The van der Waals surface area contributed by atoms with Crippen LogP contribution in [-0.4, -0.2) is 33.8 Å². The number of carbonyl (C=O) groups is 3. The quantitative estimate of drug-likeness (QED) is 0.762. The van der Waals surface area contributed by atoms with Crippen molar-refractivity contribution in [2.24, 2.45) is 5.92 Å². The van der Waals surface area contributed by atoms with Crippen LogP contribution in [0.15, 0.2) is 54.6 Å². The van der Waals surface area contributed by atoms with Gasteiger partial charge in [-0.15, -0.1) is 0 Å². The molecular formula is C22H23NO4. The fourth-order valence-corrected chi connectivity index (χ4v) is 3.53. The van der Waals surface area contributed by atoms with Crippen LogP contribution in [0.25, 0.3) is 11.1 Å². The number of aliphatic carboxylic acids is 1. The fraction of sp³-hybridized carbons (Fsp3) is 0.318. The van der Waals surface area contributed by atoms with Crippen LogP contribution in [0.3, 0.4) is 0 Å². The molecule has 1 heterocycles. The average molecular weight is 365 g/mol. The van der Waals surface area contributed by atoms with Crippen molar-refractivity contribution >= 4 is 17.8 Å². The predicted octanol–water partition coefficient (Wildman–Crippen LogP) is 3.52. The molecule has 0 spiro atoms. The zero-order valence-electron chi connectivity index (χ0n) is 15.3. The van der Waals surface area contributed by atoms with E-state index in [-0.39, 0.29) is 31.1 Å². The number of amides is 2. The molecule has 1 saturated heterocycles. The minimum absolute atomic E-state index is 0.205. The third-order valence-electron chi connectivity index (χ3n) is 5.03. The highest BCUT2D eigenvalue weighted by Gasteiger charge is 2.36. The molecule has 0 saturated carbocycles. The number of benzene rings is 2. The molecule has 0 bridgehead atoms. The molecule has 2 atom stereocenters. The van der Waals surface area contributed by atoms with E-state index in [1.807, 2.05) is 54.6 Å². The number of hydrogen-bond donors (Lipinski definition) is 1. The molecule has 0 aliphatic carbocycles. The fourth-order valence-electron chi connectivity index (χ4n) is 3.53. The highest BCUT2D eigenvalue weighted by molar-refractivity contribution is 6.02. The Hall–Kier alpha value is -2.95. The highest BCUT2D eigenvalue weighted by atomic mass is 16.4. The van der Waals surface area contributed by atoms with Crippen LogP contribution < -0.4 is 0 Å². The predicted molar refractivity (Wildman–Crippen MR) is 102 cm³/mol. The first kappa shape index (κ1) is 18.8. The minimum atomic E-state index is -0.918. The van der Waals surface area contributed by atoms with Gasteiger partial charge in [0.2, 0.25) is 11.8 Å². The van der Waals surface area contributed by atoms with E-state index in [0.717, 1.165) is 16.7 Å². The highest BCUT2D eigenvalue weighted by Crippen LogP contribution is 2.25. The van der Waals surface area contributed by atoms with Crippen molar-refractivity contribution in [1.29, 1.82) is 0 Å². The van der Waals surface area contributed by atoms with Crippen molar-refractivity contribution < 1.29 is 19.5 Å². The summed E-state index contributed by atoms with van der Waals surface area (Å²) in [4.78, 5) is 36.9. The summed E-state index contributed by atoms with van der Waals surface area (Å²) in [6.45, 7) is 1.61. The van der Waals surface area contributed by atoms with Gasteiger partial charge in [-0.1, -0.05) is 61.5 Å². The minimum Gasteiger partial charge on any atom is -0.481 e. The van der Waals surface area contributed by atoms with Crippen molar-refractivity contribution in [2.75, 3.05) is 0 Å². The van der Waals surface area contributed by atoms with Crippen molar-refractivity contribution in [2.45, 2.75) is 38.6 Å². The van der Waals surface area contributed by atoms with E-state index in [1.54, 1.807) is 6.92 Å². The van der Waals surface area contributed by atoms with E-state index >= 15 is 0 Å². The van der Waals surface area contributed by atoms with Crippen molar-refractivity contribution in [3.8, 4) is 11.1 Å². The van der Waals surface area contributed by atoms with Gasteiger partial charge in [0, 0.05) is 18.9 Å². The molecule has 3 rings (SSSR count). The van der Waals surface area contributed by atoms with Crippen LogP contribution in [-0.2, 0) is 20.8 Å². The second-order valence-electron chi connectivity index (χ2n) is 7.05. The molecule has 1 unspecified atom stereocenters. The number of imide groups is 1. The lowest BCUT2D eigenvalue weighted by molar-refractivity contribution is -0.146. The van der Waals surface area contributed by atoms with Crippen molar-refractivity contribution in [3.05, 3.63) is 60.2 Å². The van der Waals surface area contributed by atoms with E-state index in [4.69, 9.17) is 0 Å². The Kier molecular flexibility index (Phi) is 5.69. The van der Waals surface area contributed by atoms with Crippen LogP contribution in [0.5, 0.6) is 0 Å². The lowest BCUT2D eigenvalue weighted by Crippen LogP contribution is -2.42. The Morgan fingerprint density at radius 2 is 1.52 bits per heavy atom. The Labute approximate surface area is 158 Å². The molecule has 1 fully saturated rings. The van der Waals surface area contributed by atoms with Crippen LogP contribution in [0.1, 0.15) is 31.7 Å². The first-order chi connectivity index (χ1) is 13.0. The standard InChI is InChI=1S/C22H23NO4/c1-15(22(26)27)13-19(23-20(24)11-12-21(23)25)14-16-7-9-18(10-8-16)17-5-3-2-4-6-17/h2-10,15,19H,11-14H2,1H3,(H,26,27)/t15-,19?/m1/s1. The van der Waals surface area contributed by atoms with Gasteiger partial charge < -0.3 is 5.11 Å². The molecule has 5 nitrogen and oxygen atoms in total. The number of carboxylic acids is 1. The van der Waals surface area contributed by atoms with Gasteiger partial charge in [0.05, 0.1) is 5.92 Å². The summed E-state index contributed by atoms with van der Waals surface area (Å²) in [5, 5.41) is 9.25. The monoisotopic (exact) mass is 365 g/mol. The van der Waals surface area contributed by atoms with Gasteiger partial charge in [-0.2, -0.15) is 0 Å². The third-order valence-corrected chi connectivity index (χ3v) is 5.03. The number of likely N-dealkylation sites (tertiary alicyclic amines) is 1. The number of carbonyl (C=O) groups excluding carboxylic acids is 2. The Bertz CT molecular complexity index is 813. The summed E-state index contributed by atoms with van der Waals surface area (Å²) in [6.07, 6.45) is 1.14. The van der Waals surface area contributed by atoms with Crippen LogP contribution in [0.2, 0.25) is 0 Å². The summed E-state index contributed by atoms with van der Waals surface area (Å²) in [5.74, 6) is -1.95. The largest absolute Gasteiger partial charge is 0.481 e. The molecule has 2 aromatic carbocycles. The molecule has 1 aliphatic rings. The van der Waals surface area contributed by atoms with E-state index < -0.39 is 17.9 Å². The van der Waals surface area contributed by atoms with Crippen LogP contribution >= 0.6 is 0 Å². The number of nitrogens with zero attached hydrogens (tertiary/aromatic N) is 1. The Balaban J connectivity index is 1.80. The summed E-state index contributed by atoms with van der Waals surface area (Å²) < 4.78 is 0. The van der Waals surface area contributed by atoms with Crippen molar-refractivity contribution in [3.63, 3.8) is 0 Å². The van der Waals surface area contributed by atoms with Gasteiger partial charge in [0.1, 0.15) is 0 Å². The van der Waals surface area contributed by atoms with Gasteiger partial charge in [-0.3, -0.25) is 19.3 Å². The van der Waals surface area contributed by atoms with Gasteiger partial charge >= 0.3 is 5.97 Å². The molecule has 2 aromatic rings. The Morgan fingerprint density at radius 1 is 0.963 bits per heavy atom. The van der Waals surface area contributed by atoms with Gasteiger partial charge in [0.25, 0.3) is 0 Å². The maximum Gasteiger partial charge on any atom is 0.306 e. The smallest absolute Gasteiger partial charge is 0.306 e. The normalized spacial score (nSPS) is 16.4. The maximum atomic E-state index is 12.2. The average Bonchev–Trinajstić information content (AvgIpc) is 3.00. The number of carboxylic acid groups (broad SMARTS) is 1. The van der Waals surface area contributed by atoms with E-state index in [1.165, 1.54) is 4.90 Å². The molecule has 2 amide bonds. The van der Waals surface area contributed by atoms with E-state index in [9.17, 15) is 19.5 Å². The molecular weight excluding hydrogens is 342 g/mol. The first-order valence-electron chi connectivity index (χ1n) is 9.17. The molecule has 5 heteroatoms. The molecule has 1 aliphatic heterocycles. The topological polar surface area (TPSA) is 74.7 Å². The molecule has 27 heavy (non-hydrogen) atoms. The second kappa shape index (κ2) is 8.16. The van der Waals surface area contributed by atoms with Gasteiger partial charge in [-0.05, 0) is 29.5 Å². The number of rotatable bonds is 7. The van der Waals surface area contributed by atoms with Gasteiger partial charge in [-0.25, -0.2) is 0 Å². The maximum absolute atomic E-state index is 12.2. The summed E-state index contributed by atoms with van der Waals surface area (Å²) in [7, 11) is 0. The van der Waals surface area contributed by atoms with Crippen molar-refractivity contribution in [1.82, 2.24) is 4.90 Å². The lowest BCUT2D eigenvalue weighted by Gasteiger charge is -2.28.